The smallest absolute Gasteiger partial charge is 0.228 e. The fraction of sp³-hybridized carbons (Fsp3) is 0.429. The number of thiophene rings is 1. The summed E-state index contributed by atoms with van der Waals surface area (Å²) in [6.45, 7) is 3.75. The molecule has 2 aromatic rings. The average Bonchev–Trinajstić information content (AvgIpc) is 3.34. The largest absolute Gasteiger partial charge is 0.350 e. The van der Waals surface area contributed by atoms with Gasteiger partial charge in [0.25, 0.3) is 0 Å². The molecule has 2 amide bonds. The molecule has 0 bridgehead atoms. The van der Waals surface area contributed by atoms with Crippen LogP contribution in [0.3, 0.4) is 0 Å². The van der Waals surface area contributed by atoms with E-state index in [-0.39, 0.29) is 29.7 Å². The fourth-order valence-electron chi connectivity index (χ4n) is 4.26. The van der Waals surface area contributed by atoms with E-state index in [1.54, 1.807) is 11.8 Å². The number of hydrogen-bond donors (Lipinski definition) is 1. The monoisotopic (exact) mass is 432 g/mol. The molecule has 6 nitrogen and oxygen atoms in total. The predicted molar refractivity (Wildman–Crippen MR) is 114 cm³/mol. The van der Waals surface area contributed by atoms with Gasteiger partial charge in [-0.25, -0.2) is 8.42 Å². The van der Waals surface area contributed by atoms with Crippen molar-refractivity contribution in [1.82, 2.24) is 5.32 Å². The van der Waals surface area contributed by atoms with E-state index in [0.717, 1.165) is 16.1 Å². The standard InChI is InChI=1S/C21H24N2O4S2/c1-14-5-7-15(8-6-14)23-18(24)12-16(19(23)17-4-3-10-28-17)20(25)22-21(2)9-11-29(26,27)13-21/h3-8,10,16,19H,9,11-13H2,1-2H3,(H,22,25)/t16-,19-,21-/m0/s1. The van der Waals surface area contributed by atoms with Gasteiger partial charge in [-0.05, 0) is 43.8 Å². The first-order valence-corrected chi connectivity index (χ1v) is 12.3. The van der Waals surface area contributed by atoms with Crippen molar-refractivity contribution < 1.29 is 18.0 Å². The lowest BCUT2D eigenvalue weighted by molar-refractivity contribution is -0.128. The molecule has 0 saturated carbocycles. The van der Waals surface area contributed by atoms with Crippen molar-refractivity contribution in [3.05, 3.63) is 52.2 Å². The molecule has 4 rings (SSSR count). The summed E-state index contributed by atoms with van der Waals surface area (Å²) in [6, 6.07) is 11.2. The molecule has 2 aliphatic rings. The van der Waals surface area contributed by atoms with Crippen molar-refractivity contribution in [2.75, 3.05) is 16.4 Å². The number of sulfone groups is 1. The van der Waals surface area contributed by atoms with E-state index in [0.29, 0.717) is 6.42 Å². The SMILES string of the molecule is Cc1ccc(N2C(=O)C[C@H](C(=O)N[C@@]3(C)CCS(=O)(=O)C3)[C@H]2c2cccs2)cc1. The number of rotatable bonds is 4. The number of carbonyl (C=O) groups excluding carboxylic acids is 2. The summed E-state index contributed by atoms with van der Waals surface area (Å²) in [5.41, 5.74) is 1.08. The summed E-state index contributed by atoms with van der Waals surface area (Å²) in [4.78, 5) is 28.8. The van der Waals surface area contributed by atoms with Crippen molar-refractivity contribution in [1.29, 1.82) is 0 Å². The number of anilines is 1. The van der Waals surface area contributed by atoms with Crippen LogP contribution in [-0.2, 0) is 19.4 Å². The van der Waals surface area contributed by atoms with Crippen LogP contribution < -0.4 is 10.2 Å². The normalized spacial score (nSPS) is 28.6. The van der Waals surface area contributed by atoms with Gasteiger partial charge < -0.3 is 10.2 Å². The Balaban J connectivity index is 1.65. The first-order chi connectivity index (χ1) is 13.7. The molecular formula is C21H24N2O4S2. The number of amides is 2. The summed E-state index contributed by atoms with van der Waals surface area (Å²) in [7, 11) is -3.14. The highest BCUT2D eigenvalue weighted by atomic mass is 32.2. The van der Waals surface area contributed by atoms with Crippen molar-refractivity contribution in [2.45, 2.75) is 38.3 Å². The van der Waals surface area contributed by atoms with E-state index in [2.05, 4.69) is 5.32 Å². The fourth-order valence-corrected chi connectivity index (χ4v) is 7.24. The lowest BCUT2D eigenvalue weighted by Crippen LogP contribution is -2.50. The molecule has 0 radical (unpaired) electrons. The van der Waals surface area contributed by atoms with Gasteiger partial charge in [0.05, 0.1) is 29.0 Å². The van der Waals surface area contributed by atoms with Crippen LogP contribution in [0.5, 0.6) is 0 Å². The van der Waals surface area contributed by atoms with Crippen LogP contribution in [0.15, 0.2) is 41.8 Å². The Kier molecular flexibility index (Phi) is 5.02. The zero-order valence-electron chi connectivity index (χ0n) is 16.4. The average molecular weight is 433 g/mol. The molecule has 154 valence electrons. The van der Waals surface area contributed by atoms with E-state index >= 15 is 0 Å². The predicted octanol–water partition coefficient (Wildman–Crippen LogP) is 2.84. The van der Waals surface area contributed by atoms with Gasteiger partial charge in [-0.1, -0.05) is 23.8 Å². The molecule has 1 aromatic carbocycles. The molecule has 2 fully saturated rings. The Morgan fingerprint density at radius 1 is 1.24 bits per heavy atom. The lowest BCUT2D eigenvalue weighted by Gasteiger charge is -2.30. The van der Waals surface area contributed by atoms with Gasteiger partial charge in [0.15, 0.2) is 9.84 Å². The maximum atomic E-state index is 13.2. The van der Waals surface area contributed by atoms with Gasteiger partial charge in [0.1, 0.15) is 0 Å². The second kappa shape index (κ2) is 7.25. The van der Waals surface area contributed by atoms with E-state index in [4.69, 9.17) is 0 Å². The molecule has 29 heavy (non-hydrogen) atoms. The van der Waals surface area contributed by atoms with Gasteiger partial charge in [-0.3, -0.25) is 9.59 Å². The molecule has 8 heteroatoms. The van der Waals surface area contributed by atoms with Crippen LogP contribution in [0.25, 0.3) is 0 Å². The summed E-state index contributed by atoms with van der Waals surface area (Å²) in [5, 5.41) is 4.89. The number of carbonyl (C=O) groups is 2. The zero-order chi connectivity index (χ0) is 20.8. The molecule has 3 heterocycles. The minimum Gasteiger partial charge on any atom is -0.350 e. The summed E-state index contributed by atoms with van der Waals surface area (Å²) in [5.74, 6) is -0.903. The third kappa shape index (κ3) is 3.96. The number of aryl methyl sites for hydroxylation is 1. The van der Waals surface area contributed by atoms with Gasteiger partial charge in [-0.15, -0.1) is 11.3 Å². The van der Waals surface area contributed by atoms with Crippen LogP contribution in [0.4, 0.5) is 5.69 Å². The first-order valence-electron chi connectivity index (χ1n) is 9.62. The quantitative estimate of drug-likeness (QED) is 0.805. The number of nitrogens with one attached hydrogen (secondary N) is 1. The van der Waals surface area contributed by atoms with E-state index in [1.807, 2.05) is 48.7 Å². The van der Waals surface area contributed by atoms with Crippen LogP contribution >= 0.6 is 11.3 Å². The van der Waals surface area contributed by atoms with Crippen molar-refractivity contribution in [3.63, 3.8) is 0 Å². The third-order valence-corrected chi connectivity index (χ3v) is 8.58. The Morgan fingerprint density at radius 2 is 1.97 bits per heavy atom. The Labute approximate surface area is 174 Å². The molecule has 0 aliphatic carbocycles. The first kappa shape index (κ1) is 20.1. The lowest BCUT2D eigenvalue weighted by atomic mass is 9.94. The van der Waals surface area contributed by atoms with Gasteiger partial charge in [-0.2, -0.15) is 0 Å². The van der Waals surface area contributed by atoms with Gasteiger partial charge in [0.2, 0.25) is 11.8 Å². The van der Waals surface area contributed by atoms with Crippen LogP contribution in [-0.4, -0.2) is 37.3 Å². The minimum atomic E-state index is -3.14. The third-order valence-electron chi connectivity index (χ3n) is 5.73. The summed E-state index contributed by atoms with van der Waals surface area (Å²) >= 11 is 1.52. The molecule has 1 N–H and O–H groups in total. The molecule has 3 atom stereocenters. The van der Waals surface area contributed by atoms with Crippen molar-refractivity contribution in [3.8, 4) is 0 Å². The highest BCUT2D eigenvalue weighted by molar-refractivity contribution is 7.91. The van der Waals surface area contributed by atoms with E-state index < -0.39 is 27.3 Å². The second-order valence-corrected chi connectivity index (χ2v) is 11.4. The Bertz CT molecular complexity index is 1030. The van der Waals surface area contributed by atoms with Crippen LogP contribution in [0.2, 0.25) is 0 Å². The van der Waals surface area contributed by atoms with E-state index in [9.17, 15) is 18.0 Å². The molecule has 2 aliphatic heterocycles. The van der Waals surface area contributed by atoms with Crippen molar-refractivity contribution in [2.24, 2.45) is 5.92 Å². The topological polar surface area (TPSA) is 83.6 Å². The van der Waals surface area contributed by atoms with Crippen molar-refractivity contribution >= 4 is 38.7 Å². The Morgan fingerprint density at radius 3 is 2.55 bits per heavy atom. The van der Waals surface area contributed by atoms with Gasteiger partial charge >= 0.3 is 0 Å². The maximum Gasteiger partial charge on any atom is 0.228 e. The minimum absolute atomic E-state index is 0.0578. The van der Waals surface area contributed by atoms with E-state index in [1.165, 1.54) is 11.3 Å². The molecule has 0 unspecified atom stereocenters. The van der Waals surface area contributed by atoms with Crippen LogP contribution in [0, 0.1) is 12.8 Å². The number of nitrogens with zero attached hydrogens (tertiary/aromatic N) is 1. The molecule has 2 saturated heterocycles. The highest BCUT2D eigenvalue weighted by Gasteiger charge is 2.48. The highest BCUT2D eigenvalue weighted by Crippen LogP contribution is 2.43. The number of benzene rings is 1. The summed E-state index contributed by atoms with van der Waals surface area (Å²) in [6.07, 6.45) is 0.498. The number of hydrogen-bond acceptors (Lipinski definition) is 5. The molecule has 1 aromatic heterocycles. The van der Waals surface area contributed by atoms with Crippen LogP contribution in [0.1, 0.15) is 36.2 Å². The van der Waals surface area contributed by atoms with Gasteiger partial charge in [0, 0.05) is 17.0 Å². The summed E-state index contributed by atoms with van der Waals surface area (Å²) < 4.78 is 23.8. The molecular weight excluding hydrogens is 408 g/mol. The Hall–Kier alpha value is -2.19. The molecule has 0 spiro atoms. The maximum absolute atomic E-state index is 13.2. The second-order valence-electron chi connectivity index (χ2n) is 8.26. The zero-order valence-corrected chi connectivity index (χ0v) is 18.1.